The van der Waals surface area contributed by atoms with Gasteiger partial charge in [0.05, 0.1) is 10.2 Å². The van der Waals surface area contributed by atoms with Gasteiger partial charge in [0.25, 0.3) is 0 Å². The summed E-state index contributed by atoms with van der Waals surface area (Å²) in [7, 11) is 3.66. The van der Waals surface area contributed by atoms with Crippen LogP contribution >= 0.6 is 0 Å². The lowest BCUT2D eigenvalue weighted by atomic mass is 9.95. The first-order valence-electron chi connectivity index (χ1n) is 5.09. The van der Waals surface area contributed by atoms with E-state index in [4.69, 9.17) is 0 Å². The van der Waals surface area contributed by atoms with E-state index in [0.717, 1.165) is 19.3 Å². The first-order valence-corrected chi connectivity index (χ1v) is 5.59. The summed E-state index contributed by atoms with van der Waals surface area (Å²) in [5, 5.41) is 1.26. The van der Waals surface area contributed by atoms with Crippen molar-refractivity contribution < 1.29 is 0 Å². The Kier molecular flexibility index (Phi) is 3.73. The molecule has 1 aromatic carbocycles. The molecular formula is C12H17Si. The van der Waals surface area contributed by atoms with Gasteiger partial charge < -0.3 is 0 Å². The van der Waals surface area contributed by atoms with Gasteiger partial charge in [0.1, 0.15) is 0 Å². The molecule has 0 unspecified atom stereocenters. The smallest absolute Gasteiger partial charge is 0.0639 e. The maximum atomic E-state index is 3.66. The van der Waals surface area contributed by atoms with Gasteiger partial charge in [-0.1, -0.05) is 38.1 Å². The molecule has 0 nitrogen and oxygen atoms in total. The molecule has 0 spiro atoms. The second-order valence-electron chi connectivity index (χ2n) is 3.29. The van der Waals surface area contributed by atoms with Crippen LogP contribution in [0.1, 0.15) is 37.5 Å². The van der Waals surface area contributed by atoms with Crippen LogP contribution in [0, 0.1) is 0 Å². The van der Waals surface area contributed by atoms with Crippen molar-refractivity contribution in [3.63, 3.8) is 0 Å². The Balaban J connectivity index is 3.27. The minimum Gasteiger partial charge on any atom is -0.0639 e. The number of benzene rings is 1. The van der Waals surface area contributed by atoms with Crippen molar-refractivity contribution in [3.8, 4) is 0 Å². The maximum absolute atomic E-state index is 3.66. The molecule has 0 atom stereocenters. The number of hydrogen-bond donors (Lipinski definition) is 0. The molecule has 0 bridgehead atoms. The molecule has 0 fully saturated rings. The normalized spacial score (nSPS) is 10.5. The van der Waals surface area contributed by atoms with Crippen molar-refractivity contribution in [1.29, 1.82) is 0 Å². The third-order valence-electron chi connectivity index (χ3n) is 2.62. The largest absolute Gasteiger partial charge is 0.0715 e. The summed E-state index contributed by atoms with van der Waals surface area (Å²) in [4.78, 5) is 0. The molecule has 0 amide bonds. The molecule has 13 heavy (non-hydrogen) atoms. The zero-order valence-corrected chi connectivity index (χ0v) is 9.78. The van der Waals surface area contributed by atoms with E-state index >= 15 is 0 Å². The van der Waals surface area contributed by atoms with Crippen molar-refractivity contribution in [2.75, 3.05) is 0 Å². The summed E-state index contributed by atoms with van der Waals surface area (Å²) < 4.78 is 0. The zero-order chi connectivity index (χ0) is 9.84. The summed E-state index contributed by atoms with van der Waals surface area (Å²) >= 11 is 0. The summed E-state index contributed by atoms with van der Waals surface area (Å²) in [5.74, 6) is 0. The average Bonchev–Trinajstić information content (AvgIpc) is 2.17. The van der Waals surface area contributed by atoms with Gasteiger partial charge in [-0.25, -0.2) is 0 Å². The highest BCUT2D eigenvalue weighted by molar-refractivity contribution is 6.33. The standard InChI is InChI=1S/C12H17Si/c1-4-9-7-8-12(13)11(6-3)10(9)5-2/h7-8H,4-6H2,1-3H3. The molecule has 0 saturated carbocycles. The lowest BCUT2D eigenvalue weighted by Gasteiger charge is -2.13. The van der Waals surface area contributed by atoms with E-state index in [-0.39, 0.29) is 0 Å². The van der Waals surface area contributed by atoms with Gasteiger partial charge in [0.15, 0.2) is 0 Å². The third-order valence-corrected chi connectivity index (χ3v) is 3.08. The molecule has 69 valence electrons. The molecular weight excluding hydrogens is 172 g/mol. The molecule has 1 aromatic rings. The van der Waals surface area contributed by atoms with Gasteiger partial charge in [0.2, 0.25) is 0 Å². The highest BCUT2D eigenvalue weighted by Gasteiger charge is 2.06. The Bertz CT molecular complexity index is 289. The van der Waals surface area contributed by atoms with Crippen LogP contribution in [0.25, 0.3) is 0 Å². The van der Waals surface area contributed by atoms with E-state index < -0.39 is 0 Å². The minimum absolute atomic E-state index is 1.12. The molecule has 0 aliphatic rings. The molecule has 0 aliphatic heterocycles. The molecule has 3 radical (unpaired) electrons. The molecule has 0 aromatic heterocycles. The van der Waals surface area contributed by atoms with Crippen molar-refractivity contribution in [2.24, 2.45) is 0 Å². The summed E-state index contributed by atoms with van der Waals surface area (Å²) in [6.07, 6.45) is 3.41. The fraction of sp³-hybridized carbons (Fsp3) is 0.500. The van der Waals surface area contributed by atoms with Crippen LogP contribution in [0.15, 0.2) is 12.1 Å². The molecule has 1 rings (SSSR count). The predicted octanol–water partition coefficient (Wildman–Crippen LogP) is 2.17. The highest BCUT2D eigenvalue weighted by Crippen LogP contribution is 2.14. The van der Waals surface area contributed by atoms with Gasteiger partial charge in [-0.2, -0.15) is 0 Å². The van der Waals surface area contributed by atoms with Crippen LogP contribution in [-0.2, 0) is 19.3 Å². The second kappa shape index (κ2) is 4.61. The molecule has 1 heteroatoms. The highest BCUT2D eigenvalue weighted by atomic mass is 28.1. The van der Waals surface area contributed by atoms with E-state index in [0.29, 0.717) is 0 Å². The van der Waals surface area contributed by atoms with Crippen LogP contribution in [0.4, 0.5) is 0 Å². The Morgan fingerprint density at radius 2 is 1.54 bits per heavy atom. The van der Waals surface area contributed by atoms with Gasteiger partial charge in [-0.3, -0.25) is 0 Å². The number of rotatable bonds is 3. The van der Waals surface area contributed by atoms with Crippen LogP contribution in [0.3, 0.4) is 0 Å². The van der Waals surface area contributed by atoms with Crippen molar-refractivity contribution in [1.82, 2.24) is 0 Å². The SMILES string of the molecule is CCc1ccc([Si])c(CC)c1CC. The Labute approximate surface area is 84.8 Å². The minimum atomic E-state index is 1.12. The maximum Gasteiger partial charge on any atom is 0.0715 e. The summed E-state index contributed by atoms with van der Waals surface area (Å²) in [6, 6.07) is 4.41. The second-order valence-corrected chi connectivity index (χ2v) is 3.83. The summed E-state index contributed by atoms with van der Waals surface area (Å²) in [6.45, 7) is 6.68. The van der Waals surface area contributed by atoms with Gasteiger partial charge in [-0.15, -0.1) is 0 Å². The van der Waals surface area contributed by atoms with Gasteiger partial charge in [-0.05, 0) is 36.0 Å². The van der Waals surface area contributed by atoms with Gasteiger partial charge >= 0.3 is 0 Å². The van der Waals surface area contributed by atoms with E-state index in [2.05, 4.69) is 43.1 Å². The number of hydrogen-bond acceptors (Lipinski definition) is 0. The topological polar surface area (TPSA) is 0 Å². The van der Waals surface area contributed by atoms with Crippen LogP contribution in [0.2, 0.25) is 0 Å². The molecule has 0 saturated heterocycles. The Morgan fingerprint density at radius 3 is 2.00 bits per heavy atom. The fourth-order valence-electron chi connectivity index (χ4n) is 1.92. The monoisotopic (exact) mass is 189 g/mol. The van der Waals surface area contributed by atoms with Crippen molar-refractivity contribution >= 4 is 15.4 Å². The quantitative estimate of drug-likeness (QED) is 0.639. The van der Waals surface area contributed by atoms with Crippen molar-refractivity contribution in [3.05, 3.63) is 28.8 Å². The average molecular weight is 189 g/mol. The van der Waals surface area contributed by atoms with E-state index in [9.17, 15) is 0 Å². The van der Waals surface area contributed by atoms with Crippen LogP contribution in [0.5, 0.6) is 0 Å². The van der Waals surface area contributed by atoms with E-state index in [1.165, 1.54) is 21.9 Å². The predicted molar refractivity (Wildman–Crippen MR) is 60.0 cm³/mol. The zero-order valence-electron chi connectivity index (χ0n) is 8.78. The first-order chi connectivity index (χ1) is 6.24. The third kappa shape index (κ3) is 2.02. The lowest BCUT2D eigenvalue weighted by Crippen LogP contribution is -2.14. The van der Waals surface area contributed by atoms with Crippen LogP contribution < -0.4 is 5.19 Å². The molecule has 0 N–H and O–H groups in total. The number of aryl methyl sites for hydroxylation is 1. The summed E-state index contributed by atoms with van der Waals surface area (Å²) in [5.41, 5.74) is 4.53. The first kappa shape index (κ1) is 10.5. The Morgan fingerprint density at radius 1 is 0.923 bits per heavy atom. The van der Waals surface area contributed by atoms with E-state index in [1.807, 2.05) is 0 Å². The van der Waals surface area contributed by atoms with E-state index in [1.54, 1.807) is 0 Å². The lowest BCUT2D eigenvalue weighted by molar-refractivity contribution is 0.988. The van der Waals surface area contributed by atoms with Crippen LogP contribution in [-0.4, -0.2) is 10.2 Å². The molecule has 0 aliphatic carbocycles. The van der Waals surface area contributed by atoms with Crippen molar-refractivity contribution in [2.45, 2.75) is 40.0 Å². The fourth-order valence-corrected chi connectivity index (χ4v) is 2.33. The Hall–Kier alpha value is -0.563. The van der Waals surface area contributed by atoms with Gasteiger partial charge in [0, 0.05) is 0 Å². The molecule has 0 heterocycles.